The van der Waals surface area contributed by atoms with E-state index in [0.717, 1.165) is 19.2 Å². The smallest absolute Gasteiger partial charge is 0.395 e. The molecule has 1 aromatic heterocycles. The lowest BCUT2D eigenvalue weighted by atomic mass is 10.3. The van der Waals surface area contributed by atoms with Gasteiger partial charge >= 0.3 is 17.1 Å². The number of nitrogens with zero attached hydrogens (tertiary/aromatic N) is 2. The summed E-state index contributed by atoms with van der Waals surface area (Å²) >= 11 is 0. The van der Waals surface area contributed by atoms with E-state index in [4.69, 9.17) is 4.74 Å². The van der Waals surface area contributed by atoms with Crippen LogP contribution in [0.2, 0.25) is 0 Å². The van der Waals surface area contributed by atoms with Crippen LogP contribution < -0.4 is 15.6 Å². The number of amides is 1. The molecule has 1 aromatic rings. The van der Waals surface area contributed by atoms with Gasteiger partial charge < -0.3 is 15.0 Å². The number of unbranched alkanes of at least 4 members (excludes halogenated alkanes) is 1. The number of hydrogen-bond acceptors (Lipinski definition) is 6. The van der Waals surface area contributed by atoms with Gasteiger partial charge in [0.05, 0.1) is 11.3 Å². The summed E-state index contributed by atoms with van der Waals surface area (Å²) in [5.74, 6) is -0.899. The van der Waals surface area contributed by atoms with E-state index in [-0.39, 0.29) is 0 Å². The van der Waals surface area contributed by atoms with Crippen molar-refractivity contribution in [1.29, 1.82) is 0 Å². The molecule has 0 spiro atoms. The Balaban J connectivity index is 2.63. The van der Waals surface area contributed by atoms with Gasteiger partial charge in [-0.05, 0) is 6.42 Å². The molecular weight excluding hydrogens is 256 g/mol. The van der Waals surface area contributed by atoms with Crippen LogP contribution in [0.4, 0.5) is 5.69 Å². The molecule has 0 aliphatic rings. The van der Waals surface area contributed by atoms with Crippen LogP contribution in [0.3, 0.4) is 0 Å². The fraction of sp³-hybridized carbons (Fsp3) is 0.500. The second kappa shape index (κ2) is 7.09. The average molecular weight is 270 g/mol. The number of nitrogens with one attached hydrogen (secondary N) is 2. The first-order chi connectivity index (χ1) is 9.06. The molecule has 0 saturated heterocycles. The minimum absolute atomic E-state index is 0.426. The zero-order chi connectivity index (χ0) is 14.3. The first kappa shape index (κ1) is 14.6. The van der Waals surface area contributed by atoms with Gasteiger partial charge in [0.25, 0.3) is 5.91 Å². The Hall–Kier alpha value is -2.45. The summed E-state index contributed by atoms with van der Waals surface area (Å²) < 4.78 is 4.89. The van der Waals surface area contributed by atoms with Crippen molar-refractivity contribution in [3.8, 4) is 5.88 Å². The Bertz CT molecular complexity index is 513. The summed E-state index contributed by atoms with van der Waals surface area (Å²) in [4.78, 5) is 37.9. The lowest BCUT2D eigenvalue weighted by molar-refractivity contribution is -0.387. The van der Waals surface area contributed by atoms with Crippen LogP contribution in [0.15, 0.2) is 11.1 Å². The van der Waals surface area contributed by atoms with Gasteiger partial charge in [-0.3, -0.25) is 19.7 Å². The third-order valence-electron chi connectivity index (χ3n) is 2.17. The molecule has 1 amide bonds. The van der Waals surface area contributed by atoms with Crippen LogP contribution >= 0.6 is 0 Å². The molecule has 0 bridgehead atoms. The number of aromatic nitrogens is 2. The third kappa shape index (κ3) is 4.37. The Labute approximate surface area is 108 Å². The molecule has 1 heterocycles. The highest BCUT2D eigenvalue weighted by Crippen LogP contribution is 2.17. The predicted molar refractivity (Wildman–Crippen MR) is 64.9 cm³/mol. The van der Waals surface area contributed by atoms with Gasteiger partial charge in [-0.1, -0.05) is 13.3 Å². The highest BCUT2D eigenvalue weighted by atomic mass is 16.6. The van der Waals surface area contributed by atoms with Gasteiger partial charge in [0.15, 0.2) is 6.61 Å². The SMILES string of the molecule is CCCCNC(=O)COc1nc[nH]c(=O)c1[N+](=O)[O-]. The average Bonchev–Trinajstić information content (AvgIpc) is 2.36. The summed E-state index contributed by atoms with van der Waals surface area (Å²) in [5.41, 5.74) is -1.75. The molecule has 0 aromatic carbocycles. The van der Waals surface area contributed by atoms with Gasteiger partial charge in [-0.25, -0.2) is 0 Å². The Morgan fingerprint density at radius 3 is 3.00 bits per heavy atom. The largest absolute Gasteiger partial charge is 0.463 e. The summed E-state index contributed by atoms with van der Waals surface area (Å²) in [6.45, 7) is 2.05. The molecule has 0 radical (unpaired) electrons. The van der Waals surface area contributed by atoms with Gasteiger partial charge in [0, 0.05) is 6.54 Å². The summed E-state index contributed by atoms with van der Waals surface area (Å²) in [6, 6.07) is 0. The fourth-order valence-electron chi connectivity index (χ4n) is 1.23. The van der Waals surface area contributed by atoms with Crippen LogP contribution in [0, 0.1) is 10.1 Å². The standard InChI is InChI=1S/C10H14N4O5/c1-2-3-4-11-7(15)5-19-10-8(14(17)18)9(16)12-6-13-10/h6H,2-5H2,1H3,(H,11,15)(H,12,13,16). The van der Waals surface area contributed by atoms with Crippen molar-refractivity contribution in [2.45, 2.75) is 19.8 Å². The third-order valence-corrected chi connectivity index (χ3v) is 2.17. The summed E-state index contributed by atoms with van der Waals surface area (Å²) in [6.07, 6.45) is 2.73. The van der Waals surface area contributed by atoms with E-state index in [1.165, 1.54) is 0 Å². The molecule has 0 aliphatic heterocycles. The first-order valence-electron chi connectivity index (χ1n) is 5.67. The minimum atomic E-state index is -0.929. The van der Waals surface area contributed by atoms with Crippen molar-refractivity contribution in [3.63, 3.8) is 0 Å². The van der Waals surface area contributed by atoms with Crippen molar-refractivity contribution >= 4 is 11.6 Å². The van der Waals surface area contributed by atoms with Crippen LogP contribution in [0.5, 0.6) is 5.88 Å². The van der Waals surface area contributed by atoms with E-state index in [1.54, 1.807) is 0 Å². The first-order valence-corrected chi connectivity index (χ1v) is 5.67. The lowest BCUT2D eigenvalue weighted by Crippen LogP contribution is -2.30. The van der Waals surface area contributed by atoms with E-state index in [2.05, 4.69) is 15.3 Å². The van der Waals surface area contributed by atoms with Crippen LogP contribution in [0.1, 0.15) is 19.8 Å². The minimum Gasteiger partial charge on any atom is -0.463 e. The number of H-pyrrole nitrogens is 1. The van der Waals surface area contributed by atoms with Crippen molar-refractivity contribution in [2.75, 3.05) is 13.2 Å². The molecule has 0 fully saturated rings. The molecule has 0 unspecified atom stereocenters. The van der Waals surface area contributed by atoms with Crippen LogP contribution in [-0.4, -0.2) is 34.0 Å². The van der Waals surface area contributed by atoms with Crippen molar-refractivity contribution in [2.24, 2.45) is 0 Å². The predicted octanol–water partition coefficient (Wildman–Crippen LogP) is -0.0268. The molecule has 2 N–H and O–H groups in total. The van der Waals surface area contributed by atoms with E-state index in [9.17, 15) is 19.7 Å². The van der Waals surface area contributed by atoms with Crippen LogP contribution in [-0.2, 0) is 4.79 Å². The Morgan fingerprint density at radius 2 is 2.37 bits per heavy atom. The van der Waals surface area contributed by atoms with E-state index >= 15 is 0 Å². The molecule has 19 heavy (non-hydrogen) atoms. The topological polar surface area (TPSA) is 127 Å². The second-order valence-corrected chi connectivity index (χ2v) is 3.63. The van der Waals surface area contributed by atoms with Gasteiger partial charge in [0.2, 0.25) is 0 Å². The zero-order valence-electron chi connectivity index (χ0n) is 10.3. The van der Waals surface area contributed by atoms with Gasteiger partial charge in [0.1, 0.15) is 0 Å². The molecular formula is C10H14N4O5. The number of carbonyl (C=O) groups excluding carboxylic acids is 1. The van der Waals surface area contributed by atoms with Gasteiger partial charge in [-0.2, -0.15) is 4.98 Å². The highest BCUT2D eigenvalue weighted by molar-refractivity contribution is 5.77. The Morgan fingerprint density at radius 1 is 1.63 bits per heavy atom. The number of ether oxygens (including phenoxy) is 1. The highest BCUT2D eigenvalue weighted by Gasteiger charge is 2.22. The van der Waals surface area contributed by atoms with Crippen molar-refractivity contribution < 1.29 is 14.5 Å². The second-order valence-electron chi connectivity index (χ2n) is 3.63. The monoisotopic (exact) mass is 270 g/mol. The number of nitro groups is 1. The molecule has 1 rings (SSSR count). The fourth-order valence-corrected chi connectivity index (χ4v) is 1.23. The van der Waals surface area contributed by atoms with E-state index < -0.39 is 34.6 Å². The summed E-state index contributed by atoms with van der Waals surface area (Å²) in [7, 11) is 0. The van der Waals surface area contributed by atoms with Crippen molar-refractivity contribution in [3.05, 3.63) is 26.8 Å². The molecule has 0 saturated carbocycles. The maximum absolute atomic E-state index is 11.3. The quantitative estimate of drug-likeness (QED) is 0.407. The molecule has 0 atom stereocenters. The molecule has 104 valence electrons. The number of carbonyl (C=O) groups is 1. The zero-order valence-corrected chi connectivity index (χ0v) is 10.3. The number of rotatable bonds is 7. The van der Waals surface area contributed by atoms with Crippen LogP contribution in [0.25, 0.3) is 0 Å². The molecule has 9 heteroatoms. The van der Waals surface area contributed by atoms with Crippen molar-refractivity contribution in [1.82, 2.24) is 15.3 Å². The maximum Gasteiger partial charge on any atom is 0.395 e. The van der Waals surface area contributed by atoms with Gasteiger partial charge in [-0.15, -0.1) is 0 Å². The van der Waals surface area contributed by atoms with E-state index in [0.29, 0.717) is 6.54 Å². The molecule has 9 nitrogen and oxygen atoms in total. The summed E-state index contributed by atoms with van der Waals surface area (Å²) in [5, 5.41) is 13.2. The lowest BCUT2D eigenvalue weighted by Gasteiger charge is -2.05. The molecule has 0 aliphatic carbocycles. The Kier molecular flexibility index (Phi) is 5.45. The van der Waals surface area contributed by atoms with E-state index in [1.807, 2.05) is 6.92 Å². The number of aromatic amines is 1. The number of hydrogen-bond donors (Lipinski definition) is 2. The maximum atomic E-state index is 11.3. The normalized spacial score (nSPS) is 9.95.